The number of primary amides is 1. The van der Waals surface area contributed by atoms with Gasteiger partial charge in [0, 0.05) is 20.1 Å². The Kier molecular flexibility index (Phi) is 10.0. The zero-order valence-electron chi connectivity index (χ0n) is 16.2. The lowest BCUT2D eigenvalue weighted by Crippen LogP contribution is -2.42. The van der Waals surface area contributed by atoms with Crippen molar-refractivity contribution < 1.29 is 22.4 Å². The summed E-state index contributed by atoms with van der Waals surface area (Å²) in [4.78, 5) is 15.7. The molecule has 1 amide bonds. The number of guanidine groups is 1. The van der Waals surface area contributed by atoms with Crippen molar-refractivity contribution in [2.24, 2.45) is 16.6 Å². The molecular weight excluding hydrogens is 515 g/mol. The number of alkyl halides is 3. The highest BCUT2D eigenvalue weighted by Gasteiger charge is 2.30. The lowest BCUT2D eigenvalue weighted by molar-refractivity contribution is -0.137. The van der Waals surface area contributed by atoms with Gasteiger partial charge in [0.25, 0.3) is 0 Å². The van der Waals surface area contributed by atoms with E-state index >= 15 is 0 Å². The summed E-state index contributed by atoms with van der Waals surface area (Å²) < 4.78 is 51.4. The Labute approximate surface area is 189 Å². The van der Waals surface area contributed by atoms with E-state index in [4.69, 9.17) is 5.73 Å². The van der Waals surface area contributed by atoms with Crippen LogP contribution in [0.25, 0.3) is 0 Å². The minimum Gasteiger partial charge on any atom is -0.369 e. The van der Waals surface area contributed by atoms with Crippen LogP contribution in [0.3, 0.4) is 0 Å². The zero-order valence-corrected chi connectivity index (χ0v) is 18.5. The second kappa shape index (κ2) is 11.7. The second-order valence-electron chi connectivity index (χ2n) is 6.43. The van der Waals surface area contributed by atoms with E-state index in [1.807, 2.05) is 0 Å². The summed E-state index contributed by atoms with van der Waals surface area (Å²) in [6.45, 7) is 0.276. The Bertz CT molecular complexity index is 857. The minimum atomic E-state index is -4.41. The van der Waals surface area contributed by atoms with E-state index in [1.54, 1.807) is 18.2 Å². The van der Waals surface area contributed by atoms with Crippen LogP contribution in [0.15, 0.2) is 53.5 Å². The first-order valence-corrected chi connectivity index (χ1v) is 8.83. The first-order chi connectivity index (χ1) is 13.7. The SMILES string of the molecule is CN=C(NCc1cccc(C(F)(F)F)c1)NCC(Cc1ccc(F)cc1)C(N)=O.I. The number of hydrogen-bond donors (Lipinski definition) is 3. The number of amides is 1. The molecule has 1 unspecified atom stereocenters. The molecule has 10 heteroatoms. The fourth-order valence-electron chi connectivity index (χ4n) is 2.66. The maximum atomic E-state index is 13.0. The predicted octanol–water partition coefficient (Wildman–Crippen LogP) is 3.47. The topological polar surface area (TPSA) is 79.5 Å². The van der Waals surface area contributed by atoms with E-state index in [-0.39, 0.29) is 42.9 Å². The maximum Gasteiger partial charge on any atom is 0.416 e. The van der Waals surface area contributed by atoms with Crippen LogP contribution in [0.4, 0.5) is 17.6 Å². The molecule has 164 valence electrons. The normalized spacial score (nSPS) is 12.6. The van der Waals surface area contributed by atoms with Gasteiger partial charge in [-0.3, -0.25) is 9.79 Å². The number of hydrogen-bond acceptors (Lipinski definition) is 2. The number of nitrogens with zero attached hydrogens (tertiary/aromatic N) is 1. The van der Waals surface area contributed by atoms with Crippen LogP contribution in [0.2, 0.25) is 0 Å². The first kappa shape index (κ1) is 25.7. The van der Waals surface area contributed by atoms with Gasteiger partial charge in [-0.25, -0.2) is 4.39 Å². The van der Waals surface area contributed by atoms with Gasteiger partial charge in [0.15, 0.2) is 5.96 Å². The van der Waals surface area contributed by atoms with Crippen LogP contribution in [-0.4, -0.2) is 25.5 Å². The molecule has 0 fully saturated rings. The van der Waals surface area contributed by atoms with Crippen molar-refractivity contribution in [3.63, 3.8) is 0 Å². The molecule has 0 aliphatic rings. The van der Waals surface area contributed by atoms with Crippen LogP contribution in [0.5, 0.6) is 0 Å². The van der Waals surface area contributed by atoms with Gasteiger partial charge in [-0.05, 0) is 41.8 Å². The van der Waals surface area contributed by atoms with Gasteiger partial charge in [0.1, 0.15) is 5.82 Å². The molecule has 0 radical (unpaired) electrons. The highest BCUT2D eigenvalue weighted by atomic mass is 127. The van der Waals surface area contributed by atoms with E-state index < -0.39 is 23.6 Å². The summed E-state index contributed by atoms with van der Waals surface area (Å²) in [5, 5.41) is 5.84. The van der Waals surface area contributed by atoms with Crippen LogP contribution < -0.4 is 16.4 Å². The third kappa shape index (κ3) is 8.17. The van der Waals surface area contributed by atoms with Crippen LogP contribution in [0.1, 0.15) is 16.7 Å². The summed E-state index contributed by atoms with van der Waals surface area (Å²) in [7, 11) is 1.50. The number of carbonyl (C=O) groups excluding carboxylic acids is 1. The van der Waals surface area contributed by atoms with Gasteiger partial charge in [-0.1, -0.05) is 24.3 Å². The van der Waals surface area contributed by atoms with Crippen molar-refractivity contribution in [1.29, 1.82) is 0 Å². The molecule has 2 aromatic carbocycles. The van der Waals surface area contributed by atoms with Crippen molar-refractivity contribution in [1.82, 2.24) is 10.6 Å². The van der Waals surface area contributed by atoms with Crippen LogP contribution >= 0.6 is 24.0 Å². The molecule has 30 heavy (non-hydrogen) atoms. The molecule has 0 spiro atoms. The minimum absolute atomic E-state index is 0. The first-order valence-electron chi connectivity index (χ1n) is 8.83. The molecule has 1 atom stereocenters. The summed E-state index contributed by atoms with van der Waals surface area (Å²) in [6.07, 6.45) is -4.10. The third-order valence-electron chi connectivity index (χ3n) is 4.25. The number of benzene rings is 2. The molecule has 0 heterocycles. The Morgan fingerprint density at radius 1 is 1.10 bits per heavy atom. The molecule has 0 aliphatic carbocycles. The Morgan fingerprint density at radius 2 is 1.77 bits per heavy atom. The van der Waals surface area contributed by atoms with Gasteiger partial charge in [-0.15, -0.1) is 24.0 Å². The highest BCUT2D eigenvalue weighted by molar-refractivity contribution is 14.0. The molecule has 2 rings (SSSR count). The lowest BCUT2D eigenvalue weighted by Gasteiger charge is -2.17. The van der Waals surface area contributed by atoms with Gasteiger partial charge >= 0.3 is 6.18 Å². The second-order valence-corrected chi connectivity index (χ2v) is 6.43. The highest BCUT2D eigenvalue weighted by Crippen LogP contribution is 2.29. The summed E-state index contributed by atoms with van der Waals surface area (Å²) >= 11 is 0. The van der Waals surface area contributed by atoms with Gasteiger partial charge in [0.05, 0.1) is 11.5 Å². The lowest BCUT2D eigenvalue weighted by atomic mass is 9.98. The van der Waals surface area contributed by atoms with Gasteiger partial charge < -0.3 is 16.4 Å². The average molecular weight is 538 g/mol. The number of aliphatic imine (C=N–C) groups is 1. The van der Waals surface area contributed by atoms with E-state index in [1.165, 1.54) is 25.2 Å². The number of nitrogens with two attached hydrogens (primary N) is 1. The summed E-state index contributed by atoms with van der Waals surface area (Å²) in [5.41, 5.74) is 5.90. The van der Waals surface area contributed by atoms with Crippen LogP contribution in [-0.2, 0) is 23.9 Å². The van der Waals surface area contributed by atoms with Crippen molar-refractivity contribution in [3.05, 3.63) is 71.0 Å². The summed E-state index contributed by atoms with van der Waals surface area (Å²) in [6, 6.07) is 10.7. The Balaban J connectivity index is 0.00000450. The zero-order chi connectivity index (χ0) is 21.4. The molecule has 4 N–H and O–H groups in total. The molecule has 0 saturated heterocycles. The number of carbonyl (C=O) groups is 1. The van der Waals surface area contributed by atoms with Crippen molar-refractivity contribution in [2.75, 3.05) is 13.6 Å². The van der Waals surface area contributed by atoms with Gasteiger partial charge in [0.2, 0.25) is 5.91 Å². The molecule has 0 saturated carbocycles. The fourth-order valence-corrected chi connectivity index (χ4v) is 2.66. The van der Waals surface area contributed by atoms with E-state index in [0.717, 1.165) is 17.7 Å². The van der Waals surface area contributed by atoms with E-state index in [2.05, 4.69) is 15.6 Å². The number of halogens is 5. The third-order valence-corrected chi connectivity index (χ3v) is 4.25. The van der Waals surface area contributed by atoms with E-state index in [0.29, 0.717) is 17.9 Å². The predicted molar refractivity (Wildman–Crippen MR) is 118 cm³/mol. The van der Waals surface area contributed by atoms with Crippen molar-refractivity contribution in [3.8, 4) is 0 Å². The van der Waals surface area contributed by atoms with Gasteiger partial charge in [-0.2, -0.15) is 13.2 Å². The molecule has 2 aromatic rings. The molecular formula is C20H23F4IN4O. The standard InChI is InChI=1S/C20H22F4N4O.HI/c1-26-19(27-11-14-3-2-4-16(10-14)20(22,23)24)28-12-15(18(25)29)9-13-5-7-17(21)8-6-13;/h2-8,10,15H,9,11-12H2,1H3,(H2,25,29)(H2,26,27,28);1H. The summed E-state index contributed by atoms with van der Waals surface area (Å²) in [5.74, 6) is -1.17. The average Bonchev–Trinajstić information content (AvgIpc) is 2.68. The maximum absolute atomic E-state index is 13.0. The van der Waals surface area contributed by atoms with Crippen molar-refractivity contribution in [2.45, 2.75) is 19.1 Å². The smallest absolute Gasteiger partial charge is 0.369 e. The monoisotopic (exact) mass is 538 g/mol. The molecule has 0 bridgehead atoms. The van der Waals surface area contributed by atoms with E-state index in [9.17, 15) is 22.4 Å². The van der Waals surface area contributed by atoms with Crippen LogP contribution in [0, 0.1) is 11.7 Å². The number of rotatable bonds is 7. The largest absolute Gasteiger partial charge is 0.416 e. The molecule has 0 aliphatic heterocycles. The molecule has 0 aromatic heterocycles. The van der Waals surface area contributed by atoms with Crippen molar-refractivity contribution >= 4 is 35.8 Å². The number of nitrogens with one attached hydrogen (secondary N) is 2. The fraction of sp³-hybridized carbons (Fsp3) is 0.300. The Hall–Kier alpha value is -2.37. The Morgan fingerprint density at radius 3 is 2.33 bits per heavy atom. The quantitative estimate of drug-likeness (QED) is 0.219. The molecule has 5 nitrogen and oxygen atoms in total.